The van der Waals surface area contributed by atoms with Crippen LogP contribution in [0.4, 0.5) is 0 Å². The van der Waals surface area contributed by atoms with Crippen molar-refractivity contribution in [2.75, 3.05) is 13.1 Å². The summed E-state index contributed by atoms with van der Waals surface area (Å²) in [5.41, 5.74) is 2.54. The third kappa shape index (κ3) is 3.17. The first-order chi connectivity index (χ1) is 12.2. The van der Waals surface area contributed by atoms with E-state index in [9.17, 15) is 4.79 Å². The van der Waals surface area contributed by atoms with E-state index in [1.54, 1.807) is 0 Å². The van der Waals surface area contributed by atoms with Crippen LogP contribution in [0.25, 0.3) is 23.0 Å². The Bertz CT molecular complexity index is 884. The summed E-state index contributed by atoms with van der Waals surface area (Å²) in [6.07, 6.45) is 2.17. The summed E-state index contributed by atoms with van der Waals surface area (Å²) in [5.74, 6) is 1.98. The molecule has 2 aromatic heterocycles. The molecule has 25 heavy (non-hydrogen) atoms. The number of hydrogen-bond acceptors (Lipinski definition) is 5. The number of nitrogens with one attached hydrogen (secondary N) is 1. The second kappa shape index (κ2) is 6.51. The number of aromatic nitrogens is 4. The van der Waals surface area contributed by atoms with Gasteiger partial charge >= 0.3 is 0 Å². The van der Waals surface area contributed by atoms with Gasteiger partial charge in [0, 0.05) is 37.2 Å². The molecule has 7 heteroatoms. The van der Waals surface area contributed by atoms with Gasteiger partial charge in [-0.05, 0) is 13.3 Å². The van der Waals surface area contributed by atoms with Gasteiger partial charge < -0.3 is 14.4 Å². The predicted octanol–water partition coefficient (Wildman–Crippen LogP) is 2.60. The molecule has 4 rings (SSSR count). The van der Waals surface area contributed by atoms with Crippen molar-refractivity contribution in [1.82, 2.24) is 25.0 Å². The lowest BCUT2D eigenvalue weighted by atomic mass is 10.2. The van der Waals surface area contributed by atoms with Crippen molar-refractivity contribution in [1.29, 1.82) is 0 Å². The molecule has 1 saturated heterocycles. The fourth-order valence-electron chi connectivity index (χ4n) is 3.03. The predicted molar refractivity (Wildman–Crippen MR) is 91.6 cm³/mol. The van der Waals surface area contributed by atoms with Gasteiger partial charge in [-0.3, -0.25) is 4.79 Å². The number of H-pyrrole nitrogens is 1. The average molecular weight is 337 g/mol. The summed E-state index contributed by atoms with van der Waals surface area (Å²) in [6.45, 7) is 3.39. The molecule has 0 spiro atoms. The number of likely N-dealkylation sites (tertiary alicyclic amines) is 1. The van der Waals surface area contributed by atoms with Crippen molar-refractivity contribution < 1.29 is 9.32 Å². The number of carbonyl (C=O) groups is 1. The number of imidazole rings is 1. The van der Waals surface area contributed by atoms with Crippen molar-refractivity contribution in [3.05, 3.63) is 41.9 Å². The summed E-state index contributed by atoms with van der Waals surface area (Å²) in [4.78, 5) is 25.8. The van der Waals surface area contributed by atoms with E-state index >= 15 is 0 Å². The molecule has 0 aliphatic carbocycles. The average Bonchev–Trinajstić information content (AvgIpc) is 3.34. The Morgan fingerprint density at radius 2 is 2.08 bits per heavy atom. The number of aromatic amines is 1. The molecule has 7 nitrogen and oxygen atoms in total. The van der Waals surface area contributed by atoms with E-state index in [1.165, 1.54) is 0 Å². The molecule has 0 saturated carbocycles. The van der Waals surface area contributed by atoms with E-state index in [-0.39, 0.29) is 5.91 Å². The van der Waals surface area contributed by atoms with Gasteiger partial charge in [-0.25, -0.2) is 4.98 Å². The SMILES string of the molecule is Cc1[nH]c(-c2ccccc2)nc1-c1nc(CCN2CCCC2=O)no1. The number of carbonyl (C=O) groups excluding carboxylic acids is 1. The minimum absolute atomic E-state index is 0.208. The second-order valence-electron chi connectivity index (χ2n) is 6.18. The topological polar surface area (TPSA) is 87.9 Å². The maximum atomic E-state index is 11.7. The summed E-state index contributed by atoms with van der Waals surface area (Å²) < 4.78 is 5.38. The van der Waals surface area contributed by atoms with Gasteiger partial charge in [-0.2, -0.15) is 4.98 Å². The Kier molecular flexibility index (Phi) is 4.05. The lowest BCUT2D eigenvalue weighted by Gasteiger charge is -2.13. The Labute approximate surface area is 145 Å². The maximum Gasteiger partial charge on any atom is 0.278 e. The van der Waals surface area contributed by atoms with Crippen LogP contribution in [0.15, 0.2) is 34.9 Å². The van der Waals surface area contributed by atoms with Gasteiger partial charge in [-0.1, -0.05) is 35.5 Å². The molecule has 1 aromatic carbocycles. The first kappa shape index (κ1) is 15.6. The molecule has 3 heterocycles. The summed E-state index contributed by atoms with van der Waals surface area (Å²) in [6, 6.07) is 9.90. The number of aryl methyl sites for hydroxylation is 1. The van der Waals surface area contributed by atoms with E-state index in [0.29, 0.717) is 36.8 Å². The highest BCUT2D eigenvalue weighted by atomic mass is 16.5. The van der Waals surface area contributed by atoms with Crippen LogP contribution >= 0.6 is 0 Å². The fourth-order valence-corrected chi connectivity index (χ4v) is 3.03. The lowest BCUT2D eigenvalue weighted by Crippen LogP contribution is -2.27. The second-order valence-corrected chi connectivity index (χ2v) is 6.18. The van der Waals surface area contributed by atoms with Crippen LogP contribution in [-0.4, -0.2) is 44.0 Å². The van der Waals surface area contributed by atoms with Crippen LogP contribution in [0.3, 0.4) is 0 Å². The maximum absolute atomic E-state index is 11.7. The minimum Gasteiger partial charge on any atom is -0.342 e. The van der Waals surface area contributed by atoms with Gasteiger partial charge in [0.2, 0.25) is 5.91 Å². The smallest absolute Gasteiger partial charge is 0.278 e. The molecule has 0 atom stereocenters. The molecular weight excluding hydrogens is 318 g/mol. The molecule has 0 unspecified atom stereocenters. The summed E-state index contributed by atoms with van der Waals surface area (Å²) in [7, 11) is 0. The monoisotopic (exact) mass is 337 g/mol. The van der Waals surface area contributed by atoms with E-state index in [2.05, 4.69) is 20.1 Å². The minimum atomic E-state index is 0.208. The third-order valence-corrected chi connectivity index (χ3v) is 4.38. The van der Waals surface area contributed by atoms with Crippen LogP contribution in [0.5, 0.6) is 0 Å². The molecule has 1 N–H and O–H groups in total. The standard InChI is InChI=1S/C18H19N5O2/c1-12-16(21-17(19-12)13-6-3-2-4-7-13)18-20-14(22-25-18)9-11-23-10-5-8-15(23)24/h2-4,6-7H,5,8-11H2,1H3,(H,19,21). The normalized spacial score (nSPS) is 14.4. The van der Waals surface area contributed by atoms with Gasteiger partial charge in [0.25, 0.3) is 5.89 Å². The van der Waals surface area contributed by atoms with Crippen molar-refractivity contribution in [3.63, 3.8) is 0 Å². The molecular formula is C18H19N5O2. The third-order valence-electron chi connectivity index (χ3n) is 4.38. The van der Waals surface area contributed by atoms with Crippen LogP contribution in [0.1, 0.15) is 24.4 Å². The van der Waals surface area contributed by atoms with Crippen LogP contribution in [0.2, 0.25) is 0 Å². The molecule has 0 radical (unpaired) electrons. The lowest BCUT2D eigenvalue weighted by molar-refractivity contribution is -0.127. The Morgan fingerprint density at radius 3 is 2.84 bits per heavy atom. The van der Waals surface area contributed by atoms with Crippen LogP contribution in [0, 0.1) is 6.92 Å². The first-order valence-corrected chi connectivity index (χ1v) is 8.43. The van der Waals surface area contributed by atoms with E-state index in [4.69, 9.17) is 4.52 Å². The van der Waals surface area contributed by atoms with Gasteiger partial charge in [0.1, 0.15) is 11.5 Å². The number of benzene rings is 1. The van der Waals surface area contributed by atoms with Crippen LogP contribution < -0.4 is 0 Å². The Balaban J connectivity index is 1.50. The number of rotatable bonds is 5. The molecule has 1 amide bonds. The zero-order valence-electron chi connectivity index (χ0n) is 14.0. The molecule has 3 aromatic rings. The van der Waals surface area contributed by atoms with Crippen LogP contribution in [-0.2, 0) is 11.2 Å². The largest absolute Gasteiger partial charge is 0.342 e. The zero-order valence-corrected chi connectivity index (χ0v) is 14.0. The fraction of sp³-hybridized carbons (Fsp3) is 0.333. The summed E-state index contributed by atoms with van der Waals surface area (Å²) >= 11 is 0. The number of amides is 1. The molecule has 1 aliphatic heterocycles. The first-order valence-electron chi connectivity index (χ1n) is 8.43. The highest BCUT2D eigenvalue weighted by Crippen LogP contribution is 2.24. The highest BCUT2D eigenvalue weighted by Gasteiger charge is 2.21. The summed E-state index contributed by atoms with van der Waals surface area (Å²) in [5, 5.41) is 4.02. The highest BCUT2D eigenvalue weighted by molar-refractivity contribution is 5.78. The van der Waals surface area contributed by atoms with E-state index in [0.717, 1.165) is 30.0 Å². The zero-order chi connectivity index (χ0) is 17.2. The van der Waals surface area contributed by atoms with Gasteiger partial charge in [0.05, 0.1) is 0 Å². The number of nitrogens with zero attached hydrogens (tertiary/aromatic N) is 4. The van der Waals surface area contributed by atoms with Gasteiger partial charge in [0.15, 0.2) is 5.82 Å². The quantitative estimate of drug-likeness (QED) is 0.773. The molecule has 0 bridgehead atoms. The van der Waals surface area contributed by atoms with E-state index in [1.807, 2.05) is 42.2 Å². The molecule has 1 fully saturated rings. The molecule has 128 valence electrons. The van der Waals surface area contributed by atoms with Gasteiger partial charge in [-0.15, -0.1) is 0 Å². The van der Waals surface area contributed by atoms with Crippen molar-refractivity contribution in [2.45, 2.75) is 26.2 Å². The van der Waals surface area contributed by atoms with Crippen molar-refractivity contribution in [2.24, 2.45) is 0 Å². The molecule has 1 aliphatic rings. The van der Waals surface area contributed by atoms with E-state index < -0.39 is 0 Å². The Morgan fingerprint density at radius 1 is 1.24 bits per heavy atom. The Hall–Kier alpha value is -2.96. The van der Waals surface area contributed by atoms with Crippen molar-refractivity contribution >= 4 is 5.91 Å². The number of hydrogen-bond donors (Lipinski definition) is 1. The van der Waals surface area contributed by atoms with Crippen molar-refractivity contribution in [3.8, 4) is 23.0 Å².